The molecule has 2 saturated carbocycles. The Labute approximate surface area is 146 Å². The summed E-state index contributed by atoms with van der Waals surface area (Å²) in [6.07, 6.45) is 1.22. The third-order valence-electron chi connectivity index (χ3n) is 4.34. The molecule has 3 unspecified atom stereocenters. The van der Waals surface area contributed by atoms with Crippen LogP contribution in [0.5, 0.6) is 11.5 Å². The van der Waals surface area contributed by atoms with Crippen LogP contribution in [0.2, 0.25) is 0 Å². The predicted octanol–water partition coefficient (Wildman–Crippen LogP) is 2.70. The number of benzene rings is 1. The molecule has 23 heavy (non-hydrogen) atoms. The van der Waals surface area contributed by atoms with Crippen molar-refractivity contribution in [2.45, 2.75) is 18.2 Å². The summed E-state index contributed by atoms with van der Waals surface area (Å²) in [5.74, 6) is 4.24. The normalized spacial score (nSPS) is 29.9. The molecule has 0 radical (unpaired) electrons. The number of fused-ring (bicyclic) bond motifs is 1. The van der Waals surface area contributed by atoms with Gasteiger partial charge in [0.05, 0.1) is 7.11 Å². The Kier molecular flexibility index (Phi) is 4.94. The molecule has 124 valence electrons. The van der Waals surface area contributed by atoms with Crippen molar-refractivity contribution in [3.8, 4) is 11.5 Å². The van der Waals surface area contributed by atoms with Crippen LogP contribution in [0.1, 0.15) is 13.3 Å². The van der Waals surface area contributed by atoms with E-state index in [9.17, 15) is 4.79 Å². The fourth-order valence-electron chi connectivity index (χ4n) is 2.48. The molecule has 1 aromatic rings. The van der Waals surface area contributed by atoms with Crippen molar-refractivity contribution in [2.75, 3.05) is 26.0 Å². The van der Waals surface area contributed by atoms with Crippen LogP contribution < -0.4 is 14.8 Å². The lowest BCUT2D eigenvalue weighted by Gasteiger charge is -2.28. The summed E-state index contributed by atoms with van der Waals surface area (Å²) in [4.78, 5) is 10.6. The number of methoxy groups -OCH3 is 1. The van der Waals surface area contributed by atoms with E-state index in [0.717, 1.165) is 28.7 Å². The molecule has 4 nitrogen and oxygen atoms in total. The number of carbonyl (C=O) groups is 1. The first-order valence-corrected chi connectivity index (χ1v) is 9.16. The molecular weight excluding hydrogens is 330 g/mol. The van der Waals surface area contributed by atoms with E-state index >= 15 is 0 Å². The highest BCUT2D eigenvalue weighted by Crippen LogP contribution is 2.57. The van der Waals surface area contributed by atoms with Crippen LogP contribution in [0.4, 0.5) is 0 Å². The number of thiocarbonyl (C=S) groups is 1. The number of hydrogen-bond donors (Lipinski definition) is 1. The second-order valence-electron chi connectivity index (χ2n) is 5.95. The molecule has 1 aromatic carbocycles. The van der Waals surface area contributed by atoms with Crippen molar-refractivity contribution in [3.05, 3.63) is 24.3 Å². The molecular formula is C17H21NO3S2. The zero-order valence-electron chi connectivity index (χ0n) is 13.3. The first kappa shape index (κ1) is 16.7. The summed E-state index contributed by atoms with van der Waals surface area (Å²) in [7, 11) is 1.64. The lowest BCUT2D eigenvalue weighted by molar-refractivity contribution is -0.113. The highest BCUT2D eigenvalue weighted by molar-refractivity contribution is 8.02. The molecule has 0 aromatic heterocycles. The quantitative estimate of drug-likeness (QED) is 0.823. The van der Waals surface area contributed by atoms with Crippen molar-refractivity contribution >= 4 is 34.6 Å². The predicted molar refractivity (Wildman–Crippen MR) is 96.6 cm³/mol. The van der Waals surface area contributed by atoms with Crippen LogP contribution in [0.3, 0.4) is 0 Å². The zero-order valence-corrected chi connectivity index (χ0v) is 15.0. The van der Waals surface area contributed by atoms with Crippen molar-refractivity contribution in [3.63, 3.8) is 0 Å². The number of hydrogen-bond acceptors (Lipinski definition) is 6. The van der Waals surface area contributed by atoms with E-state index in [2.05, 4.69) is 5.32 Å². The largest absolute Gasteiger partial charge is 0.493 e. The number of para-hydroxylation sites is 2. The maximum Gasteiger partial charge on any atom is 0.161 e. The fraction of sp³-hybridized carbons (Fsp3) is 0.529. The second kappa shape index (κ2) is 6.79. The lowest BCUT2D eigenvalue weighted by Crippen LogP contribution is -2.48. The van der Waals surface area contributed by atoms with E-state index in [1.165, 1.54) is 6.42 Å². The number of ketones is 1. The minimum atomic E-state index is -0.240. The standard InChI is InChI=1S/C13H17NO2S2.C4H4O/c1-10(17)13(14-7-8-18-13)9-16-12-6-4-3-5-11(12)15-2;5-4-2-1-3(2)4/h3-6,14H,7-9H2,1-2H3;2-3H,1H2. The van der Waals surface area contributed by atoms with Gasteiger partial charge in [0.25, 0.3) is 0 Å². The van der Waals surface area contributed by atoms with Crippen LogP contribution >= 0.6 is 24.0 Å². The Hall–Kier alpha value is -1.11. The molecule has 3 aliphatic rings. The molecule has 1 saturated heterocycles. The first-order valence-electron chi connectivity index (χ1n) is 7.77. The second-order valence-corrected chi connectivity index (χ2v) is 7.96. The Morgan fingerprint density at radius 2 is 2.04 bits per heavy atom. The van der Waals surface area contributed by atoms with Gasteiger partial charge >= 0.3 is 0 Å². The van der Waals surface area contributed by atoms with Gasteiger partial charge < -0.3 is 9.47 Å². The number of nitrogens with one attached hydrogen (secondary N) is 1. The van der Waals surface area contributed by atoms with E-state index in [1.54, 1.807) is 7.11 Å². The van der Waals surface area contributed by atoms with Gasteiger partial charge in [-0.1, -0.05) is 24.4 Å². The van der Waals surface area contributed by atoms with Gasteiger partial charge in [-0.2, -0.15) is 0 Å². The van der Waals surface area contributed by atoms with Gasteiger partial charge in [0.15, 0.2) is 11.5 Å². The molecule has 1 N–H and O–H groups in total. The van der Waals surface area contributed by atoms with Gasteiger partial charge in [-0.15, -0.1) is 11.8 Å². The van der Waals surface area contributed by atoms with E-state index in [4.69, 9.17) is 21.7 Å². The third kappa shape index (κ3) is 3.70. The molecule has 4 rings (SSSR count). The molecule has 0 amide bonds. The number of carbonyl (C=O) groups excluding carboxylic acids is 1. The average Bonchev–Trinajstić information content (AvgIpc) is 3.44. The highest BCUT2D eigenvalue weighted by Gasteiger charge is 2.64. The Morgan fingerprint density at radius 1 is 1.39 bits per heavy atom. The Bertz CT molecular complexity index is 604. The van der Waals surface area contributed by atoms with Gasteiger partial charge in [0.2, 0.25) is 0 Å². The van der Waals surface area contributed by atoms with Crippen LogP contribution in [-0.2, 0) is 4.79 Å². The van der Waals surface area contributed by atoms with Gasteiger partial charge in [-0.05, 0) is 25.5 Å². The van der Waals surface area contributed by atoms with Crippen LogP contribution in [-0.4, -0.2) is 41.5 Å². The summed E-state index contributed by atoms with van der Waals surface area (Å²) in [6.45, 7) is 3.45. The van der Waals surface area contributed by atoms with Gasteiger partial charge in [-0.25, -0.2) is 0 Å². The van der Waals surface area contributed by atoms with E-state index in [0.29, 0.717) is 24.2 Å². The van der Waals surface area contributed by atoms with Gasteiger partial charge in [0.1, 0.15) is 17.3 Å². The fourth-order valence-corrected chi connectivity index (χ4v) is 3.89. The topological polar surface area (TPSA) is 47.6 Å². The Balaban J connectivity index is 0.000000258. The molecule has 1 heterocycles. The highest BCUT2D eigenvalue weighted by atomic mass is 32.2. The SMILES string of the molecule is COc1ccccc1OCC1(C(C)=S)NCCS1.O=C1C2CC12. The van der Waals surface area contributed by atoms with Crippen LogP contribution in [0.15, 0.2) is 24.3 Å². The summed E-state index contributed by atoms with van der Waals surface area (Å²) < 4.78 is 11.1. The number of Topliss-reactive ketones (excluding diaryl/α,β-unsaturated/α-hetero) is 1. The Morgan fingerprint density at radius 3 is 2.48 bits per heavy atom. The maximum atomic E-state index is 9.94. The number of thioether (sulfide) groups is 1. The van der Waals surface area contributed by atoms with Crippen LogP contribution in [0.25, 0.3) is 0 Å². The van der Waals surface area contributed by atoms with E-state index < -0.39 is 0 Å². The summed E-state index contributed by atoms with van der Waals surface area (Å²) in [5.41, 5.74) is 0. The van der Waals surface area contributed by atoms with E-state index in [1.807, 2.05) is 43.0 Å². The summed E-state index contributed by atoms with van der Waals surface area (Å²) >= 11 is 7.16. The monoisotopic (exact) mass is 351 g/mol. The molecule has 3 fully saturated rings. The summed E-state index contributed by atoms with van der Waals surface area (Å²) in [6, 6.07) is 7.66. The molecule has 0 bridgehead atoms. The van der Waals surface area contributed by atoms with Crippen molar-refractivity contribution in [1.29, 1.82) is 0 Å². The first-order chi connectivity index (χ1) is 11.1. The van der Waals surface area contributed by atoms with E-state index in [-0.39, 0.29) is 4.87 Å². The lowest BCUT2D eigenvalue weighted by atomic mass is 10.2. The smallest absolute Gasteiger partial charge is 0.161 e. The molecule has 2 aliphatic carbocycles. The van der Waals surface area contributed by atoms with Crippen molar-refractivity contribution in [1.82, 2.24) is 5.32 Å². The van der Waals surface area contributed by atoms with Gasteiger partial charge in [0, 0.05) is 29.0 Å². The minimum Gasteiger partial charge on any atom is -0.493 e. The number of rotatable bonds is 5. The molecule has 0 spiro atoms. The summed E-state index contributed by atoms with van der Waals surface area (Å²) in [5, 5.41) is 3.43. The average molecular weight is 351 g/mol. The van der Waals surface area contributed by atoms with Crippen LogP contribution in [0, 0.1) is 11.8 Å². The zero-order chi connectivity index (χ0) is 16.4. The number of ether oxygens (including phenoxy) is 2. The molecule has 1 aliphatic heterocycles. The molecule has 6 heteroatoms. The van der Waals surface area contributed by atoms with Crippen molar-refractivity contribution < 1.29 is 14.3 Å². The van der Waals surface area contributed by atoms with Gasteiger partial charge in [-0.3, -0.25) is 10.1 Å². The third-order valence-corrected chi connectivity index (χ3v) is 6.29. The van der Waals surface area contributed by atoms with Crippen molar-refractivity contribution in [2.24, 2.45) is 11.8 Å². The minimum absolute atomic E-state index is 0.240. The molecule has 3 atom stereocenters. The maximum absolute atomic E-state index is 9.94.